The molecule has 0 aromatic heterocycles. The quantitative estimate of drug-likeness (QED) is 0.638. The Labute approximate surface area is 109 Å². The Morgan fingerprint density at radius 2 is 1.94 bits per heavy atom. The van der Waals surface area contributed by atoms with Gasteiger partial charge in [0.25, 0.3) is 0 Å². The first-order chi connectivity index (χ1) is 8.11. The molecule has 8 heteroatoms. The summed E-state index contributed by atoms with van der Waals surface area (Å²) >= 11 is 1.03. The standard InChI is InChI=1S/C10H18N2O5S/c1-10(2,3)17-9(16)12-6(8(14)15)4-18-5-7(11)13/h6H,4-5H2,1-3H3,(H2,11,13)(H,12,16)(H,14,15). The van der Waals surface area contributed by atoms with Crippen molar-refractivity contribution >= 4 is 29.7 Å². The fraction of sp³-hybridized carbons (Fsp3) is 0.700. The molecule has 2 amide bonds. The Morgan fingerprint density at radius 3 is 2.33 bits per heavy atom. The molecule has 0 radical (unpaired) electrons. The maximum Gasteiger partial charge on any atom is 0.408 e. The summed E-state index contributed by atoms with van der Waals surface area (Å²) in [6.07, 6.45) is -0.811. The summed E-state index contributed by atoms with van der Waals surface area (Å²) in [6, 6.07) is -1.12. The maximum absolute atomic E-state index is 11.4. The third-order valence-electron chi connectivity index (χ3n) is 1.52. The second-order valence-electron chi connectivity index (χ2n) is 4.52. The number of primary amides is 1. The Hall–Kier alpha value is -1.44. The Kier molecular flexibility index (Phi) is 6.53. The summed E-state index contributed by atoms with van der Waals surface area (Å²) in [4.78, 5) is 32.8. The highest BCUT2D eigenvalue weighted by molar-refractivity contribution is 8.00. The van der Waals surface area contributed by atoms with Crippen LogP contribution in [0.25, 0.3) is 0 Å². The highest BCUT2D eigenvalue weighted by Crippen LogP contribution is 2.08. The minimum Gasteiger partial charge on any atom is -0.480 e. The third-order valence-corrected chi connectivity index (χ3v) is 2.58. The smallest absolute Gasteiger partial charge is 0.408 e. The molecule has 0 bridgehead atoms. The van der Waals surface area contributed by atoms with Crippen molar-refractivity contribution in [3.05, 3.63) is 0 Å². The third kappa shape index (κ3) is 8.68. The van der Waals surface area contributed by atoms with E-state index < -0.39 is 29.6 Å². The number of thioether (sulfide) groups is 1. The summed E-state index contributed by atoms with van der Waals surface area (Å²) in [5.41, 5.74) is 4.22. The van der Waals surface area contributed by atoms with Crippen LogP contribution in [-0.4, -0.2) is 46.2 Å². The summed E-state index contributed by atoms with van der Waals surface area (Å²) in [5.74, 6) is -1.70. The van der Waals surface area contributed by atoms with Crippen molar-refractivity contribution in [2.45, 2.75) is 32.4 Å². The van der Waals surface area contributed by atoms with E-state index in [1.807, 2.05) is 0 Å². The first-order valence-electron chi connectivity index (χ1n) is 5.20. The monoisotopic (exact) mass is 278 g/mol. The van der Waals surface area contributed by atoms with Crippen LogP contribution in [-0.2, 0) is 14.3 Å². The molecule has 0 saturated heterocycles. The van der Waals surface area contributed by atoms with Crippen LogP contribution in [0.1, 0.15) is 20.8 Å². The highest BCUT2D eigenvalue weighted by Gasteiger charge is 2.23. The van der Waals surface area contributed by atoms with Gasteiger partial charge in [-0.05, 0) is 20.8 Å². The molecule has 0 spiro atoms. The molecule has 0 heterocycles. The predicted molar refractivity (Wildman–Crippen MR) is 67.3 cm³/mol. The van der Waals surface area contributed by atoms with Crippen molar-refractivity contribution < 1.29 is 24.2 Å². The molecule has 0 aliphatic heterocycles. The van der Waals surface area contributed by atoms with E-state index in [1.54, 1.807) is 20.8 Å². The Morgan fingerprint density at radius 1 is 1.39 bits per heavy atom. The van der Waals surface area contributed by atoms with Crippen LogP contribution >= 0.6 is 11.8 Å². The summed E-state index contributed by atoms with van der Waals surface area (Å²) in [5, 5.41) is 11.1. The van der Waals surface area contributed by atoms with E-state index in [2.05, 4.69) is 5.32 Å². The number of amides is 2. The lowest BCUT2D eigenvalue weighted by Crippen LogP contribution is -2.45. The van der Waals surface area contributed by atoms with E-state index in [-0.39, 0.29) is 11.5 Å². The van der Waals surface area contributed by atoms with Crippen molar-refractivity contribution in [2.75, 3.05) is 11.5 Å². The van der Waals surface area contributed by atoms with E-state index in [4.69, 9.17) is 15.6 Å². The van der Waals surface area contributed by atoms with Gasteiger partial charge in [-0.15, -0.1) is 11.8 Å². The number of carboxylic acid groups (broad SMARTS) is 1. The number of hydrogen-bond acceptors (Lipinski definition) is 5. The first-order valence-corrected chi connectivity index (χ1v) is 6.35. The molecular formula is C10H18N2O5S. The molecule has 0 aliphatic rings. The molecular weight excluding hydrogens is 260 g/mol. The zero-order chi connectivity index (χ0) is 14.3. The van der Waals surface area contributed by atoms with Gasteiger partial charge in [-0.2, -0.15) is 0 Å². The molecule has 7 nitrogen and oxygen atoms in total. The molecule has 4 N–H and O–H groups in total. The maximum atomic E-state index is 11.4. The average molecular weight is 278 g/mol. The van der Waals surface area contributed by atoms with Gasteiger partial charge in [-0.25, -0.2) is 9.59 Å². The molecule has 1 atom stereocenters. The average Bonchev–Trinajstić information content (AvgIpc) is 2.12. The van der Waals surface area contributed by atoms with Crippen LogP contribution in [0.2, 0.25) is 0 Å². The van der Waals surface area contributed by atoms with Crippen molar-refractivity contribution in [3.8, 4) is 0 Å². The Balaban J connectivity index is 4.23. The van der Waals surface area contributed by atoms with E-state index >= 15 is 0 Å². The molecule has 0 aliphatic carbocycles. The van der Waals surface area contributed by atoms with Crippen molar-refractivity contribution in [1.29, 1.82) is 0 Å². The molecule has 0 aromatic carbocycles. The van der Waals surface area contributed by atoms with Crippen LogP contribution in [0.4, 0.5) is 4.79 Å². The summed E-state index contributed by atoms with van der Waals surface area (Å²) in [6.45, 7) is 5.01. The largest absolute Gasteiger partial charge is 0.480 e. The molecule has 0 saturated carbocycles. The number of alkyl carbamates (subject to hydrolysis) is 1. The van der Waals surface area contributed by atoms with Crippen LogP contribution in [0.15, 0.2) is 0 Å². The second-order valence-corrected chi connectivity index (χ2v) is 5.55. The van der Waals surface area contributed by atoms with Crippen molar-refractivity contribution in [1.82, 2.24) is 5.32 Å². The predicted octanol–water partition coefficient (Wildman–Crippen LogP) is 0.183. The minimum atomic E-state index is -1.20. The van der Waals surface area contributed by atoms with Gasteiger partial charge in [0.2, 0.25) is 5.91 Å². The molecule has 18 heavy (non-hydrogen) atoms. The van der Waals surface area contributed by atoms with Crippen LogP contribution in [0, 0.1) is 0 Å². The number of carboxylic acids is 1. The Bertz CT molecular complexity index is 327. The molecule has 0 aromatic rings. The zero-order valence-corrected chi connectivity index (χ0v) is 11.4. The first kappa shape index (κ1) is 16.6. The van der Waals surface area contributed by atoms with Gasteiger partial charge in [-0.3, -0.25) is 4.79 Å². The fourth-order valence-electron chi connectivity index (χ4n) is 0.902. The van der Waals surface area contributed by atoms with Gasteiger partial charge in [0, 0.05) is 5.75 Å². The molecule has 104 valence electrons. The normalized spacial score (nSPS) is 12.6. The van der Waals surface area contributed by atoms with E-state index in [1.165, 1.54) is 0 Å². The van der Waals surface area contributed by atoms with Crippen LogP contribution in [0.5, 0.6) is 0 Å². The number of hydrogen-bond donors (Lipinski definition) is 3. The number of nitrogens with one attached hydrogen (secondary N) is 1. The molecule has 1 unspecified atom stereocenters. The van der Waals surface area contributed by atoms with E-state index in [0.29, 0.717) is 0 Å². The zero-order valence-electron chi connectivity index (χ0n) is 10.6. The number of carbonyl (C=O) groups excluding carboxylic acids is 2. The lowest BCUT2D eigenvalue weighted by atomic mass is 10.2. The van der Waals surface area contributed by atoms with E-state index in [9.17, 15) is 14.4 Å². The van der Waals surface area contributed by atoms with Crippen molar-refractivity contribution in [3.63, 3.8) is 0 Å². The van der Waals surface area contributed by atoms with Crippen LogP contribution in [0.3, 0.4) is 0 Å². The number of ether oxygens (including phenoxy) is 1. The fourth-order valence-corrected chi connectivity index (χ4v) is 1.68. The van der Waals surface area contributed by atoms with Crippen LogP contribution < -0.4 is 11.1 Å². The summed E-state index contributed by atoms with van der Waals surface area (Å²) in [7, 11) is 0. The van der Waals surface area contributed by atoms with Crippen molar-refractivity contribution in [2.24, 2.45) is 5.73 Å². The number of nitrogens with two attached hydrogens (primary N) is 1. The van der Waals surface area contributed by atoms with Gasteiger partial charge < -0.3 is 20.9 Å². The van der Waals surface area contributed by atoms with Gasteiger partial charge in [0.1, 0.15) is 11.6 Å². The minimum absolute atomic E-state index is 0.000220. The lowest BCUT2D eigenvalue weighted by Gasteiger charge is -2.21. The second kappa shape index (κ2) is 7.10. The number of rotatable bonds is 6. The molecule has 0 rings (SSSR count). The number of aliphatic carboxylic acids is 1. The highest BCUT2D eigenvalue weighted by atomic mass is 32.2. The van der Waals surface area contributed by atoms with Gasteiger partial charge in [0.05, 0.1) is 5.75 Å². The number of carbonyl (C=O) groups is 3. The SMILES string of the molecule is CC(C)(C)OC(=O)NC(CSCC(N)=O)C(=O)O. The van der Waals surface area contributed by atoms with Gasteiger partial charge >= 0.3 is 12.1 Å². The molecule has 0 fully saturated rings. The van der Waals surface area contributed by atoms with Gasteiger partial charge in [0.15, 0.2) is 0 Å². The topological polar surface area (TPSA) is 119 Å². The lowest BCUT2D eigenvalue weighted by molar-refractivity contribution is -0.138. The summed E-state index contributed by atoms with van der Waals surface area (Å²) < 4.78 is 4.93. The van der Waals surface area contributed by atoms with E-state index in [0.717, 1.165) is 11.8 Å². The van der Waals surface area contributed by atoms with Gasteiger partial charge in [-0.1, -0.05) is 0 Å².